The molecule has 132 valence electrons. The van der Waals surface area contributed by atoms with E-state index in [4.69, 9.17) is 4.42 Å². The van der Waals surface area contributed by atoms with Crippen molar-refractivity contribution in [3.63, 3.8) is 0 Å². The fraction of sp³-hybridized carbons (Fsp3) is 0.667. The molecule has 0 radical (unpaired) electrons. The number of hydrogen-bond acceptors (Lipinski definition) is 3. The van der Waals surface area contributed by atoms with E-state index >= 15 is 0 Å². The zero-order valence-electron chi connectivity index (χ0n) is 14.4. The fourth-order valence-corrected chi connectivity index (χ4v) is 3.75. The van der Waals surface area contributed by atoms with Gasteiger partial charge >= 0.3 is 6.03 Å². The van der Waals surface area contributed by atoms with E-state index < -0.39 is 0 Å². The van der Waals surface area contributed by atoms with Crippen LogP contribution >= 0.6 is 0 Å². The van der Waals surface area contributed by atoms with Crippen LogP contribution in [-0.4, -0.2) is 53.5 Å². The number of carbonyl (C=O) groups is 2. The number of rotatable bonds is 3. The second-order valence-corrected chi connectivity index (χ2v) is 6.78. The number of nitrogens with zero attached hydrogens (tertiary/aromatic N) is 2. The molecular weight excluding hydrogens is 306 g/mol. The molecule has 1 N–H and O–H groups in total. The maximum atomic E-state index is 12.6. The molecule has 3 rings (SSSR count). The van der Waals surface area contributed by atoms with Gasteiger partial charge in [-0.3, -0.25) is 4.79 Å². The maximum Gasteiger partial charge on any atom is 0.317 e. The highest BCUT2D eigenvalue weighted by Crippen LogP contribution is 2.20. The van der Waals surface area contributed by atoms with E-state index in [1.807, 2.05) is 9.80 Å². The summed E-state index contributed by atoms with van der Waals surface area (Å²) in [6, 6.07) is 2.30. The largest absolute Gasteiger partial charge is 0.472 e. The summed E-state index contributed by atoms with van der Waals surface area (Å²) in [5, 5.41) is 3.18. The van der Waals surface area contributed by atoms with E-state index in [-0.39, 0.29) is 18.0 Å². The smallest absolute Gasteiger partial charge is 0.317 e. The van der Waals surface area contributed by atoms with Gasteiger partial charge in [0, 0.05) is 31.7 Å². The molecule has 6 heteroatoms. The van der Waals surface area contributed by atoms with Gasteiger partial charge in [-0.15, -0.1) is 0 Å². The Kier molecular flexibility index (Phi) is 5.43. The molecule has 1 unspecified atom stereocenters. The number of amides is 3. The minimum Gasteiger partial charge on any atom is -0.472 e. The minimum atomic E-state index is 0.00982. The van der Waals surface area contributed by atoms with Crippen LogP contribution in [0.5, 0.6) is 0 Å². The zero-order valence-corrected chi connectivity index (χ0v) is 14.4. The van der Waals surface area contributed by atoms with Crippen molar-refractivity contribution in [2.75, 3.05) is 19.6 Å². The summed E-state index contributed by atoms with van der Waals surface area (Å²) >= 11 is 0. The van der Waals surface area contributed by atoms with E-state index in [0.717, 1.165) is 38.6 Å². The molecule has 3 heterocycles. The highest BCUT2D eigenvalue weighted by molar-refractivity contribution is 5.93. The molecule has 2 saturated heterocycles. The molecule has 2 aliphatic rings. The van der Waals surface area contributed by atoms with Gasteiger partial charge in [-0.05, 0) is 44.6 Å². The van der Waals surface area contributed by atoms with Gasteiger partial charge in [-0.1, -0.05) is 6.92 Å². The Bertz CT molecular complexity index is 550. The second kappa shape index (κ2) is 7.73. The summed E-state index contributed by atoms with van der Waals surface area (Å²) in [4.78, 5) is 28.7. The van der Waals surface area contributed by atoms with Crippen molar-refractivity contribution in [3.8, 4) is 0 Å². The standard InChI is InChI=1S/C18H27N3O3/c1-2-16-5-3-4-9-21(16)18(23)19-15-6-10-20(11-7-15)17(22)14-8-12-24-13-14/h8,12-13,15-16H,2-7,9-11H2,1H3,(H,19,23). The van der Waals surface area contributed by atoms with Gasteiger partial charge in [0.25, 0.3) is 5.91 Å². The normalized spacial score (nSPS) is 22.5. The van der Waals surface area contributed by atoms with Gasteiger partial charge in [0.1, 0.15) is 6.26 Å². The van der Waals surface area contributed by atoms with Crippen LogP contribution in [0.1, 0.15) is 55.8 Å². The van der Waals surface area contributed by atoms with E-state index in [1.165, 1.54) is 18.9 Å². The lowest BCUT2D eigenvalue weighted by atomic mass is 10.00. The number of carbonyl (C=O) groups excluding carboxylic acids is 2. The monoisotopic (exact) mass is 333 g/mol. The van der Waals surface area contributed by atoms with E-state index in [0.29, 0.717) is 24.7 Å². The molecule has 0 bridgehead atoms. The Balaban J connectivity index is 1.48. The van der Waals surface area contributed by atoms with Gasteiger partial charge in [-0.25, -0.2) is 4.79 Å². The SMILES string of the molecule is CCC1CCCCN1C(=O)NC1CCN(C(=O)c2ccoc2)CC1. The van der Waals surface area contributed by atoms with Crippen LogP contribution < -0.4 is 5.32 Å². The molecule has 1 aromatic heterocycles. The summed E-state index contributed by atoms with van der Waals surface area (Å²) in [5.74, 6) is 0.00982. The lowest BCUT2D eigenvalue weighted by Gasteiger charge is -2.38. The van der Waals surface area contributed by atoms with Crippen molar-refractivity contribution in [1.82, 2.24) is 15.1 Å². The first-order valence-corrected chi connectivity index (χ1v) is 9.07. The lowest BCUT2D eigenvalue weighted by Crippen LogP contribution is -2.53. The van der Waals surface area contributed by atoms with E-state index in [9.17, 15) is 9.59 Å². The maximum absolute atomic E-state index is 12.6. The molecule has 3 amide bonds. The first-order valence-electron chi connectivity index (χ1n) is 9.07. The van der Waals surface area contributed by atoms with Crippen molar-refractivity contribution in [2.24, 2.45) is 0 Å². The molecule has 0 aromatic carbocycles. The molecule has 2 fully saturated rings. The van der Waals surface area contributed by atoms with Crippen LogP contribution in [0.4, 0.5) is 4.79 Å². The van der Waals surface area contributed by atoms with Crippen molar-refractivity contribution in [3.05, 3.63) is 24.2 Å². The molecule has 24 heavy (non-hydrogen) atoms. The van der Waals surface area contributed by atoms with Crippen LogP contribution in [0.15, 0.2) is 23.0 Å². The van der Waals surface area contributed by atoms with Crippen molar-refractivity contribution in [1.29, 1.82) is 0 Å². The van der Waals surface area contributed by atoms with Crippen LogP contribution in [0.3, 0.4) is 0 Å². The van der Waals surface area contributed by atoms with Crippen LogP contribution in [0.2, 0.25) is 0 Å². The third-order valence-corrected chi connectivity index (χ3v) is 5.24. The number of nitrogens with one attached hydrogen (secondary N) is 1. The van der Waals surface area contributed by atoms with Crippen molar-refractivity contribution < 1.29 is 14.0 Å². The molecule has 1 aromatic rings. The number of likely N-dealkylation sites (tertiary alicyclic amines) is 2. The highest BCUT2D eigenvalue weighted by Gasteiger charge is 2.29. The molecule has 2 aliphatic heterocycles. The van der Waals surface area contributed by atoms with Crippen molar-refractivity contribution in [2.45, 2.75) is 57.5 Å². The summed E-state index contributed by atoms with van der Waals surface area (Å²) in [5.41, 5.74) is 0.594. The first-order chi connectivity index (χ1) is 11.7. The lowest BCUT2D eigenvalue weighted by molar-refractivity contribution is 0.0703. The molecule has 0 spiro atoms. The number of piperidine rings is 2. The second-order valence-electron chi connectivity index (χ2n) is 6.78. The van der Waals surface area contributed by atoms with Gasteiger partial charge in [0.05, 0.1) is 11.8 Å². The quantitative estimate of drug-likeness (QED) is 0.925. The topological polar surface area (TPSA) is 65.8 Å². The van der Waals surface area contributed by atoms with E-state index in [1.54, 1.807) is 6.07 Å². The summed E-state index contributed by atoms with van der Waals surface area (Å²) in [6.07, 6.45) is 9.06. The van der Waals surface area contributed by atoms with Gasteiger partial charge in [0.15, 0.2) is 0 Å². The molecule has 1 atom stereocenters. The third kappa shape index (κ3) is 3.74. The summed E-state index contributed by atoms with van der Waals surface area (Å²) in [6.45, 7) is 4.36. The zero-order chi connectivity index (χ0) is 16.9. The molecule has 0 saturated carbocycles. The van der Waals surface area contributed by atoms with Crippen LogP contribution in [-0.2, 0) is 0 Å². The van der Waals surface area contributed by atoms with Crippen LogP contribution in [0, 0.1) is 0 Å². The molecule has 0 aliphatic carbocycles. The number of hydrogen-bond donors (Lipinski definition) is 1. The average molecular weight is 333 g/mol. The van der Waals surface area contributed by atoms with Gasteiger partial charge < -0.3 is 19.5 Å². The first kappa shape index (κ1) is 16.9. The van der Waals surface area contributed by atoms with E-state index in [2.05, 4.69) is 12.2 Å². The Hall–Kier alpha value is -1.98. The summed E-state index contributed by atoms with van der Waals surface area (Å²) < 4.78 is 4.98. The number of urea groups is 1. The highest BCUT2D eigenvalue weighted by atomic mass is 16.3. The molecular formula is C18H27N3O3. The summed E-state index contributed by atoms with van der Waals surface area (Å²) in [7, 11) is 0. The predicted molar refractivity (Wildman–Crippen MR) is 90.8 cm³/mol. The number of furan rings is 1. The average Bonchev–Trinajstić information content (AvgIpc) is 3.16. The Morgan fingerprint density at radius 2 is 2.00 bits per heavy atom. The predicted octanol–water partition coefficient (Wildman–Crippen LogP) is 2.86. The minimum absolute atomic E-state index is 0.00982. The van der Waals surface area contributed by atoms with Crippen molar-refractivity contribution >= 4 is 11.9 Å². The van der Waals surface area contributed by atoms with Crippen LogP contribution in [0.25, 0.3) is 0 Å². The van der Waals surface area contributed by atoms with Gasteiger partial charge in [-0.2, -0.15) is 0 Å². The Morgan fingerprint density at radius 3 is 2.67 bits per heavy atom. The fourth-order valence-electron chi connectivity index (χ4n) is 3.75. The molecule has 6 nitrogen and oxygen atoms in total. The van der Waals surface area contributed by atoms with Gasteiger partial charge in [0.2, 0.25) is 0 Å². The Morgan fingerprint density at radius 1 is 1.21 bits per heavy atom. The Labute approximate surface area is 143 Å². The third-order valence-electron chi connectivity index (χ3n) is 5.24.